The molecule has 2 nitrogen and oxygen atoms in total. The maximum Gasteiger partial charge on any atom is 0.185 e. The summed E-state index contributed by atoms with van der Waals surface area (Å²) in [7, 11) is -1.29. The molecule has 88 valence electrons. The minimum absolute atomic E-state index is 0.000849. The summed E-state index contributed by atoms with van der Waals surface area (Å²) in [5.74, 6) is -0.134. The number of carbonyl (C=O) groups excluding carboxylic acids is 1. The van der Waals surface area contributed by atoms with Gasteiger partial charge in [0.15, 0.2) is 5.78 Å². The zero-order valence-electron chi connectivity index (χ0n) is 8.76. The van der Waals surface area contributed by atoms with E-state index < -0.39 is 10.8 Å². The Morgan fingerprint density at radius 3 is 2.47 bits per heavy atom. The molecule has 1 unspecified atom stereocenters. The molecule has 2 rings (SSSR count). The van der Waals surface area contributed by atoms with E-state index in [1.165, 1.54) is 11.3 Å². The van der Waals surface area contributed by atoms with Crippen LogP contribution in [0.5, 0.6) is 0 Å². The molecular formula is C12H9ClO2S2. The second-order valence-corrected chi connectivity index (χ2v) is 6.50. The summed E-state index contributed by atoms with van der Waals surface area (Å²) in [6.45, 7) is 0. The molecule has 0 N–H and O–H groups in total. The molecular weight excluding hydrogens is 276 g/mol. The minimum Gasteiger partial charge on any atom is -0.292 e. The van der Waals surface area contributed by atoms with Crippen LogP contribution < -0.4 is 0 Å². The molecule has 1 heterocycles. The summed E-state index contributed by atoms with van der Waals surface area (Å²) in [6, 6.07) is 12.3. The zero-order valence-corrected chi connectivity index (χ0v) is 11.1. The van der Waals surface area contributed by atoms with E-state index in [1.54, 1.807) is 36.4 Å². The van der Waals surface area contributed by atoms with Crippen molar-refractivity contribution in [1.82, 2.24) is 0 Å². The quantitative estimate of drug-likeness (QED) is 0.807. The normalized spacial score (nSPS) is 12.3. The standard InChI is InChI=1S/C12H9ClO2S2/c13-12-7-6-11(16-12)10(14)8-17(15)9-4-2-1-3-5-9/h1-7H,8H2. The molecule has 1 aromatic carbocycles. The van der Waals surface area contributed by atoms with Gasteiger partial charge in [-0.1, -0.05) is 29.8 Å². The number of hydrogen-bond acceptors (Lipinski definition) is 3. The fourth-order valence-electron chi connectivity index (χ4n) is 1.31. The van der Waals surface area contributed by atoms with Crippen molar-refractivity contribution in [3.63, 3.8) is 0 Å². The summed E-state index contributed by atoms with van der Waals surface area (Å²) < 4.78 is 12.5. The highest BCUT2D eigenvalue weighted by molar-refractivity contribution is 7.85. The molecule has 0 aliphatic carbocycles. The second kappa shape index (κ2) is 5.58. The van der Waals surface area contributed by atoms with Crippen LogP contribution in [-0.4, -0.2) is 15.7 Å². The molecule has 0 aliphatic rings. The maximum absolute atomic E-state index is 11.9. The topological polar surface area (TPSA) is 34.1 Å². The molecule has 0 saturated heterocycles. The Balaban J connectivity index is 2.07. The minimum atomic E-state index is -1.29. The Morgan fingerprint density at radius 1 is 1.18 bits per heavy atom. The van der Waals surface area contributed by atoms with Crippen molar-refractivity contribution in [2.75, 3.05) is 5.75 Å². The Labute approximate surface area is 111 Å². The molecule has 1 atom stereocenters. The number of rotatable bonds is 4. The fourth-order valence-corrected chi connectivity index (χ4v) is 3.40. The van der Waals surface area contributed by atoms with E-state index in [4.69, 9.17) is 11.6 Å². The number of Topliss-reactive ketones (excluding diaryl/α,β-unsaturated/α-hetero) is 1. The third-order valence-corrected chi connectivity index (χ3v) is 4.71. The largest absolute Gasteiger partial charge is 0.292 e. The van der Waals surface area contributed by atoms with Crippen molar-refractivity contribution < 1.29 is 9.00 Å². The number of ketones is 1. The van der Waals surface area contributed by atoms with E-state index in [0.717, 1.165) is 0 Å². The summed E-state index contributed by atoms with van der Waals surface area (Å²) in [5, 5.41) is 0. The van der Waals surface area contributed by atoms with Crippen LogP contribution in [0.15, 0.2) is 47.4 Å². The van der Waals surface area contributed by atoms with Gasteiger partial charge < -0.3 is 0 Å². The highest BCUT2D eigenvalue weighted by Gasteiger charge is 2.13. The molecule has 0 fully saturated rings. The van der Waals surface area contributed by atoms with Gasteiger partial charge in [0.2, 0.25) is 0 Å². The lowest BCUT2D eigenvalue weighted by Crippen LogP contribution is -2.09. The van der Waals surface area contributed by atoms with Crippen molar-refractivity contribution in [3.05, 3.63) is 51.7 Å². The molecule has 1 aromatic heterocycles. The third kappa shape index (κ3) is 3.25. The van der Waals surface area contributed by atoms with Gasteiger partial charge >= 0.3 is 0 Å². The van der Waals surface area contributed by atoms with Crippen LogP contribution in [0.2, 0.25) is 4.34 Å². The van der Waals surface area contributed by atoms with Crippen molar-refractivity contribution in [1.29, 1.82) is 0 Å². The van der Waals surface area contributed by atoms with Crippen LogP contribution >= 0.6 is 22.9 Å². The summed E-state index contributed by atoms with van der Waals surface area (Å²) in [6.07, 6.45) is 0. The Kier molecular flexibility index (Phi) is 4.10. The number of thiophene rings is 1. The number of benzene rings is 1. The summed E-state index contributed by atoms with van der Waals surface area (Å²) >= 11 is 6.96. The highest BCUT2D eigenvalue weighted by atomic mass is 35.5. The van der Waals surface area contributed by atoms with Crippen LogP contribution in [0, 0.1) is 0 Å². The molecule has 0 spiro atoms. The SMILES string of the molecule is O=C(CS(=O)c1ccccc1)c1ccc(Cl)s1. The van der Waals surface area contributed by atoms with Gasteiger partial charge in [0.1, 0.15) is 0 Å². The van der Waals surface area contributed by atoms with Gasteiger partial charge in [0.25, 0.3) is 0 Å². The second-order valence-electron chi connectivity index (χ2n) is 3.33. The molecule has 17 heavy (non-hydrogen) atoms. The first-order chi connectivity index (χ1) is 8.16. The average molecular weight is 285 g/mol. The average Bonchev–Trinajstić information content (AvgIpc) is 2.77. The maximum atomic E-state index is 11.9. The zero-order chi connectivity index (χ0) is 12.3. The Morgan fingerprint density at radius 2 is 1.88 bits per heavy atom. The van der Waals surface area contributed by atoms with Crippen molar-refractivity contribution in [3.8, 4) is 0 Å². The molecule has 0 amide bonds. The predicted molar refractivity (Wildman–Crippen MR) is 71.4 cm³/mol. The summed E-state index contributed by atoms with van der Waals surface area (Å²) in [5.41, 5.74) is 0. The molecule has 0 saturated carbocycles. The number of halogens is 1. The lowest BCUT2D eigenvalue weighted by molar-refractivity contribution is 0.102. The fraction of sp³-hybridized carbons (Fsp3) is 0.0833. The van der Waals surface area contributed by atoms with Crippen molar-refractivity contribution in [2.45, 2.75) is 4.90 Å². The monoisotopic (exact) mass is 284 g/mol. The van der Waals surface area contributed by atoms with Crippen molar-refractivity contribution in [2.24, 2.45) is 0 Å². The van der Waals surface area contributed by atoms with Gasteiger partial charge in [-0.15, -0.1) is 11.3 Å². The van der Waals surface area contributed by atoms with Gasteiger partial charge in [-0.25, -0.2) is 0 Å². The van der Waals surface area contributed by atoms with Crippen LogP contribution in [0.25, 0.3) is 0 Å². The van der Waals surface area contributed by atoms with Gasteiger partial charge in [0, 0.05) is 4.90 Å². The smallest absolute Gasteiger partial charge is 0.185 e. The van der Waals surface area contributed by atoms with E-state index in [-0.39, 0.29) is 11.5 Å². The summed E-state index contributed by atoms with van der Waals surface area (Å²) in [4.78, 5) is 13.0. The van der Waals surface area contributed by atoms with E-state index in [9.17, 15) is 9.00 Å². The number of hydrogen-bond donors (Lipinski definition) is 0. The van der Waals surface area contributed by atoms with Crippen molar-refractivity contribution >= 4 is 39.5 Å². The highest BCUT2D eigenvalue weighted by Crippen LogP contribution is 2.22. The third-order valence-electron chi connectivity index (χ3n) is 2.12. The molecule has 2 aromatic rings. The predicted octanol–water partition coefficient (Wildman–Crippen LogP) is 3.39. The van der Waals surface area contributed by atoms with Gasteiger partial charge in [0.05, 0.1) is 25.8 Å². The number of carbonyl (C=O) groups is 1. The van der Waals surface area contributed by atoms with E-state index in [1.807, 2.05) is 6.07 Å². The molecule has 0 bridgehead atoms. The van der Waals surface area contributed by atoms with Gasteiger partial charge in [-0.05, 0) is 24.3 Å². The van der Waals surface area contributed by atoms with Gasteiger partial charge in [-0.3, -0.25) is 9.00 Å². The molecule has 5 heteroatoms. The first-order valence-corrected chi connectivity index (χ1v) is 7.40. The first-order valence-electron chi connectivity index (χ1n) is 4.89. The van der Waals surface area contributed by atoms with Crippen LogP contribution in [0.1, 0.15) is 9.67 Å². The van der Waals surface area contributed by atoms with Gasteiger partial charge in [-0.2, -0.15) is 0 Å². The molecule has 0 aliphatic heterocycles. The first kappa shape index (κ1) is 12.5. The van der Waals surface area contributed by atoms with E-state index in [0.29, 0.717) is 14.1 Å². The molecule has 0 radical (unpaired) electrons. The van der Waals surface area contributed by atoms with E-state index >= 15 is 0 Å². The lowest BCUT2D eigenvalue weighted by Gasteiger charge is -1.99. The Bertz CT molecular complexity index is 549. The van der Waals surface area contributed by atoms with Crippen LogP contribution in [0.4, 0.5) is 0 Å². The van der Waals surface area contributed by atoms with Crippen LogP contribution in [-0.2, 0) is 10.8 Å². The van der Waals surface area contributed by atoms with E-state index in [2.05, 4.69) is 0 Å². The van der Waals surface area contributed by atoms with Crippen LogP contribution in [0.3, 0.4) is 0 Å². The lowest BCUT2D eigenvalue weighted by atomic mass is 10.3. The Hall–Kier alpha value is -0.970.